The number of carbonyl (C=O) groups is 4. The van der Waals surface area contributed by atoms with Crippen molar-refractivity contribution in [3.8, 4) is 0 Å². The highest BCUT2D eigenvalue weighted by Gasteiger charge is 2.26. The zero-order valence-electron chi connectivity index (χ0n) is 15.0. The van der Waals surface area contributed by atoms with Gasteiger partial charge in [-0.1, -0.05) is 25.7 Å². The predicted molar refractivity (Wildman–Crippen MR) is 94.1 cm³/mol. The molecular weight excluding hydrogens is 340 g/mol. The molecule has 1 fully saturated rings. The van der Waals surface area contributed by atoms with Crippen molar-refractivity contribution in [2.24, 2.45) is 11.7 Å². The lowest BCUT2D eigenvalue weighted by molar-refractivity contribution is -0.139. The van der Waals surface area contributed by atoms with E-state index in [4.69, 9.17) is 10.8 Å². The summed E-state index contributed by atoms with van der Waals surface area (Å²) in [6, 6.07) is 0. The Morgan fingerprint density at radius 3 is 2.23 bits per heavy atom. The van der Waals surface area contributed by atoms with Crippen LogP contribution >= 0.6 is 0 Å². The molecule has 0 aromatic carbocycles. The number of hydrogen-bond acceptors (Lipinski definition) is 6. The molecule has 0 aromatic rings. The van der Waals surface area contributed by atoms with Crippen molar-refractivity contribution in [3.63, 3.8) is 0 Å². The van der Waals surface area contributed by atoms with E-state index in [2.05, 4.69) is 4.74 Å². The van der Waals surface area contributed by atoms with Crippen LogP contribution in [0.25, 0.3) is 0 Å². The summed E-state index contributed by atoms with van der Waals surface area (Å²) in [4.78, 5) is 44.3. The Balaban J connectivity index is 0.000000265. The topological polar surface area (TPSA) is 127 Å². The summed E-state index contributed by atoms with van der Waals surface area (Å²) >= 11 is 0. The largest absolute Gasteiger partial charge is 0.513 e. The van der Waals surface area contributed by atoms with Crippen molar-refractivity contribution in [2.45, 2.75) is 57.8 Å². The van der Waals surface area contributed by atoms with Gasteiger partial charge in [0.15, 0.2) is 0 Å². The Morgan fingerprint density at radius 1 is 1.08 bits per heavy atom. The lowest BCUT2D eigenvalue weighted by Gasteiger charge is -2.25. The SMILES string of the molecule is NCCCCCC(=O)OC(=O)O.O=C1C=CC(=O)N1CC1CCCCC1. The molecule has 0 aromatic heterocycles. The summed E-state index contributed by atoms with van der Waals surface area (Å²) < 4.78 is 3.88. The predicted octanol–water partition coefficient (Wildman–Crippen LogP) is 2.22. The summed E-state index contributed by atoms with van der Waals surface area (Å²) in [5.74, 6) is -0.433. The maximum atomic E-state index is 11.3. The Bertz CT molecular complexity index is 508. The van der Waals surface area contributed by atoms with Crippen LogP contribution in [-0.2, 0) is 19.1 Å². The summed E-state index contributed by atoms with van der Waals surface area (Å²) in [6.45, 7) is 1.22. The number of nitrogens with zero attached hydrogens (tertiary/aromatic N) is 1. The minimum Gasteiger partial charge on any atom is -0.449 e. The second-order valence-electron chi connectivity index (χ2n) is 6.46. The van der Waals surface area contributed by atoms with Crippen LogP contribution in [0.15, 0.2) is 12.2 Å². The van der Waals surface area contributed by atoms with E-state index in [9.17, 15) is 19.2 Å². The normalized spacial score (nSPS) is 17.0. The monoisotopic (exact) mass is 368 g/mol. The summed E-state index contributed by atoms with van der Waals surface area (Å²) in [5, 5.41) is 8.02. The van der Waals surface area contributed by atoms with Gasteiger partial charge in [-0.25, -0.2) is 4.79 Å². The number of rotatable bonds is 7. The van der Waals surface area contributed by atoms with Crippen LogP contribution in [0.2, 0.25) is 0 Å². The Hall–Kier alpha value is -2.22. The van der Waals surface area contributed by atoms with Gasteiger partial charge < -0.3 is 15.6 Å². The van der Waals surface area contributed by atoms with Crippen molar-refractivity contribution < 1.29 is 29.0 Å². The molecule has 2 rings (SSSR count). The van der Waals surface area contributed by atoms with Crippen LogP contribution in [0.3, 0.4) is 0 Å². The minimum absolute atomic E-state index is 0.138. The maximum Gasteiger partial charge on any atom is 0.513 e. The van der Waals surface area contributed by atoms with E-state index in [0.29, 0.717) is 25.4 Å². The number of imide groups is 1. The lowest BCUT2D eigenvalue weighted by Crippen LogP contribution is -2.35. The molecule has 1 heterocycles. The van der Waals surface area contributed by atoms with Gasteiger partial charge in [0.1, 0.15) is 0 Å². The van der Waals surface area contributed by atoms with Gasteiger partial charge in [0.05, 0.1) is 0 Å². The molecule has 0 saturated heterocycles. The fourth-order valence-corrected chi connectivity index (χ4v) is 2.98. The first-order valence-electron chi connectivity index (χ1n) is 9.11. The fraction of sp³-hybridized carbons (Fsp3) is 0.667. The number of nitrogens with two attached hydrogens (primary N) is 1. The first kappa shape index (κ1) is 21.8. The van der Waals surface area contributed by atoms with Gasteiger partial charge in [-0.3, -0.25) is 19.3 Å². The highest BCUT2D eigenvalue weighted by atomic mass is 16.7. The summed E-state index contributed by atoms with van der Waals surface area (Å²) in [7, 11) is 0. The number of amides is 2. The second kappa shape index (κ2) is 12.2. The van der Waals surface area contributed by atoms with Crippen LogP contribution in [0.1, 0.15) is 57.8 Å². The molecule has 1 aliphatic carbocycles. The molecular formula is C18H28N2O6. The first-order valence-corrected chi connectivity index (χ1v) is 9.11. The van der Waals surface area contributed by atoms with Crippen LogP contribution < -0.4 is 5.73 Å². The van der Waals surface area contributed by atoms with E-state index in [0.717, 1.165) is 25.7 Å². The smallest absolute Gasteiger partial charge is 0.449 e. The van der Waals surface area contributed by atoms with Crippen LogP contribution in [-0.4, -0.2) is 47.0 Å². The molecule has 0 radical (unpaired) electrons. The third-order valence-corrected chi connectivity index (χ3v) is 4.35. The molecule has 0 atom stereocenters. The quantitative estimate of drug-likeness (QED) is 0.305. The molecule has 0 spiro atoms. The van der Waals surface area contributed by atoms with Gasteiger partial charge >= 0.3 is 12.1 Å². The molecule has 8 nitrogen and oxygen atoms in total. The summed E-state index contributed by atoms with van der Waals surface area (Å²) in [5.41, 5.74) is 5.22. The van der Waals surface area contributed by atoms with Crippen molar-refractivity contribution in [2.75, 3.05) is 13.1 Å². The average molecular weight is 368 g/mol. The standard InChI is InChI=1S/C11H15NO2.C7H13NO4/c13-10-6-7-11(14)12(10)8-9-4-2-1-3-5-9;8-5-3-1-2-4-6(9)12-7(10)11/h6-7,9H,1-5,8H2;1-5,8H2,(H,10,11). The van der Waals surface area contributed by atoms with Gasteiger partial charge in [-0.15, -0.1) is 0 Å². The van der Waals surface area contributed by atoms with E-state index in [-0.39, 0.29) is 18.2 Å². The number of hydrogen-bond donors (Lipinski definition) is 2. The van der Waals surface area contributed by atoms with Gasteiger partial charge in [0, 0.05) is 25.1 Å². The molecule has 0 unspecified atom stereocenters. The van der Waals surface area contributed by atoms with E-state index < -0.39 is 12.1 Å². The minimum atomic E-state index is -1.54. The van der Waals surface area contributed by atoms with E-state index >= 15 is 0 Å². The van der Waals surface area contributed by atoms with Gasteiger partial charge in [0.2, 0.25) is 0 Å². The van der Waals surface area contributed by atoms with E-state index in [1.54, 1.807) is 0 Å². The molecule has 3 N–H and O–H groups in total. The van der Waals surface area contributed by atoms with Crippen molar-refractivity contribution in [1.29, 1.82) is 0 Å². The molecule has 8 heteroatoms. The van der Waals surface area contributed by atoms with Crippen molar-refractivity contribution in [3.05, 3.63) is 12.2 Å². The number of esters is 1. The van der Waals surface area contributed by atoms with Gasteiger partial charge in [-0.2, -0.15) is 0 Å². The zero-order chi connectivity index (χ0) is 19.4. The zero-order valence-corrected chi connectivity index (χ0v) is 15.0. The van der Waals surface area contributed by atoms with E-state index in [1.807, 2.05) is 0 Å². The summed E-state index contributed by atoms with van der Waals surface area (Å²) in [6.07, 6.45) is 9.75. The Kier molecular flexibility index (Phi) is 10.2. The molecule has 146 valence electrons. The third-order valence-electron chi connectivity index (χ3n) is 4.35. The molecule has 26 heavy (non-hydrogen) atoms. The van der Waals surface area contributed by atoms with E-state index in [1.165, 1.54) is 36.3 Å². The Morgan fingerprint density at radius 2 is 1.69 bits per heavy atom. The molecule has 1 aliphatic heterocycles. The lowest BCUT2D eigenvalue weighted by atomic mass is 9.89. The van der Waals surface area contributed by atoms with Gasteiger partial charge in [0.25, 0.3) is 11.8 Å². The molecule has 1 saturated carbocycles. The number of unbranched alkanes of at least 4 members (excludes halogenated alkanes) is 2. The third kappa shape index (κ3) is 8.75. The second-order valence-corrected chi connectivity index (χ2v) is 6.46. The average Bonchev–Trinajstić information content (AvgIpc) is 2.92. The fourth-order valence-electron chi connectivity index (χ4n) is 2.98. The molecule has 2 aliphatic rings. The number of ether oxygens (including phenoxy) is 1. The van der Waals surface area contributed by atoms with Gasteiger partial charge in [-0.05, 0) is 38.1 Å². The molecule has 0 bridgehead atoms. The van der Waals surface area contributed by atoms with Crippen LogP contribution in [0, 0.1) is 5.92 Å². The molecule has 2 amide bonds. The highest BCUT2D eigenvalue weighted by molar-refractivity contribution is 6.12. The van der Waals surface area contributed by atoms with Crippen molar-refractivity contribution in [1.82, 2.24) is 4.90 Å². The first-order chi connectivity index (χ1) is 12.4. The number of carbonyl (C=O) groups excluding carboxylic acids is 3. The van der Waals surface area contributed by atoms with Crippen molar-refractivity contribution >= 4 is 23.9 Å². The van der Waals surface area contributed by atoms with Crippen LogP contribution in [0.5, 0.6) is 0 Å². The Labute approximate surface area is 153 Å². The number of carboxylic acid groups (broad SMARTS) is 1. The van der Waals surface area contributed by atoms with Crippen LogP contribution in [0.4, 0.5) is 4.79 Å². The highest BCUT2D eigenvalue weighted by Crippen LogP contribution is 2.25. The maximum absolute atomic E-state index is 11.3.